The van der Waals surface area contributed by atoms with Gasteiger partial charge in [0.25, 0.3) is 0 Å². The number of nitrogens with one attached hydrogen (secondary N) is 1. The van der Waals surface area contributed by atoms with E-state index < -0.39 is 0 Å². The molecule has 1 heterocycles. The van der Waals surface area contributed by atoms with Crippen LogP contribution in [0.3, 0.4) is 0 Å². The lowest BCUT2D eigenvalue weighted by atomic mass is 10.0. The third kappa shape index (κ3) is 9.83. The van der Waals surface area contributed by atoms with Gasteiger partial charge in [0.1, 0.15) is 12.4 Å². The molecular formula is C29H38Cl2N2O2. The first kappa shape index (κ1) is 29.2. The van der Waals surface area contributed by atoms with Crippen LogP contribution < -0.4 is 10.1 Å². The highest BCUT2D eigenvalue weighted by Crippen LogP contribution is 2.21. The molecule has 1 aliphatic heterocycles. The molecule has 3 aromatic rings. The molecule has 0 spiro atoms. The monoisotopic (exact) mass is 516 g/mol. The second-order valence-corrected chi connectivity index (χ2v) is 8.71. The van der Waals surface area contributed by atoms with Gasteiger partial charge in [-0.25, -0.2) is 0 Å². The fourth-order valence-electron chi connectivity index (χ4n) is 4.41. The molecule has 0 bridgehead atoms. The maximum absolute atomic E-state index is 6.29. The van der Waals surface area contributed by atoms with Gasteiger partial charge >= 0.3 is 0 Å². The molecule has 1 saturated heterocycles. The molecule has 35 heavy (non-hydrogen) atoms. The zero-order valence-electron chi connectivity index (χ0n) is 20.3. The van der Waals surface area contributed by atoms with Crippen LogP contribution in [0.1, 0.15) is 29.5 Å². The van der Waals surface area contributed by atoms with Gasteiger partial charge in [-0.1, -0.05) is 78.9 Å². The van der Waals surface area contributed by atoms with Crippen LogP contribution in [0.15, 0.2) is 84.9 Å². The second kappa shape index (κ2) is 16.6. The molecule has 1 unspecified atom stereocenters. The number of halogens is 2. The van der Waals surface area contributed by atoms with Crippen LogP contribution >= 0.6 is 24.8 Å². The van der Waals surface area contributed by atoms with Crippen LogP contribution in [0.4, 0.5) is 0 Å². The Morgan fingerprint density at radius 2 is 1.37 bits per heavy atom. The van der Waals surface area contributed by atoms with Gasteiger partial charge in [0.15, 0.2) is 0 Å². The van der Waals surface area contributed by atoms with Crippen molar-refractivity contribution < 1.29 is 9.47 Å². The molecular weight excluding hydrogens is 479 g/mol. The SMILES string of the molecule is Cl.Cl.c1ccc(CCCC(COCc2ccccc2OCc2ccccc2)N2CCNCC2)cc1. The van der Waals surface area contributed by atoms with Crippen molar-refractivity contribution in [2.75, 3.05) is 32.8 Å². The maximum Gasteiger partial charge on any atom is 0.125 e. The first-order chi connectivity index (χ1) is 16.4. The van der Waals surface area contributed by atoms with Crippen molar-refractivity contribution in [2.24, 2.45) is 0 Å². The highest BCUT2D eigenvalue weighted by atomic mass is 35.5. The lowest BCUT2D eigenvalue weighted by molar-refractivity contribution is 0.0396. The summed E-state index contributed by atoms with van der Waals surface area (Å²) in [5.41, 5.74) is 3.70. The van der Waals surface area contributed by atoms with Crippen LogP contribution in [0.5, 0.6) is 5.75 Å². The zero-order chi connectivity index (χ0) is 22.6. The van der Waals surface area contributed by atoms with Gasteiger partial charge < -0.3 is 14.8 Å². The number of ether oxygens (including phenoxy) is 2. The first-order valence-corrected chi connectivity index (χ1v) is 12.2. The average Bonchev–Trinajstić information content (AvgIpc) is 2.89. The minimum Gasteiger partial charge on any atom is -0.489 e. The van der Waals surface area contributed by atoms with Crippen LogP contribution in [-0.4, -0.2) is 43.7 Å². The average molecular weight is 518 g/mol. The molecule has 0 aromatic heterocycles. The topological polar surface area (TPSA) is 33.7 Å². The molecule has 6 heteroatoms. The summed E-state index contributed by atoms with van der Waals surface area (Å²) < 4.78 is 12.4. The third-order valence-electron chi connectivity index (χ3n) is 6.29. The predicted molar refractivity (Wildman–Crippen MR) is 149 cm³/mol. The number of nitrogens with zero attached hydrogens (tertiary/aromatic N) is 1. The normalized spacial score (nSPS) is 14.4. The molecule has 1 fully saturated rings. The Bertz CT molecular complexity index is 938. The van der Waals surface area contributed by atoms with E-state index in [2.05, 4.69) is 64.8 Å². The van der Waals surface area contributed by atoms with Crippen LogP contribution in [0, 0.1) is 0 Å². The molecule has 3 aromatic carbocycles. The highest BCUT2D eigenvalue weighted by molar-refractivity contribution is 5.85. The van der Waals surface area contributed by atoms with Crippen LogP contribution in [-0.2, 0) is 24.4 Å². The van der Waals surface area contributed by atoms with Crippen molar-refractivity contribution in [1.29, 1.82) is 0 Å². The van der Waals surface area contributed by atoms with E-state index in [-0.39, 0.29) is 24.8 Å². The van der Waals surface area contributed by atoms with Gasteiger partial charge in [0.2, 0.25) is 0 Å². The van der Waals surface area contributed by atoms with E-state index in [1.165, 1.54) is 17.5 Å². The van der Waals surface area contributed by atoms with Crippen molar-refractivity contribution in [3.8, 4) is 5.75 Å². The van der Waals surface area contributed by atoms with Crippen molar-refractivity contribution >= 4 is 24.8 Å². The number of hydrogen-bond donors (Lipinski definition) is 1. The molecule has 190 valence electrons. The van der Waals surface area contributed by atoms with Crippen LogP contribution in [0.25, 0.3) is 0 Å². The summed E-state index contributed by atoms with van der Waals surface area (Å²) in [7, 11) is 0. The number of para-hydroxylation sites is 1. The molecule has 4 rings (SSSR count). The fourth-order valence-corrected chi connectivity index (χ4v) is 4.41. The lowest BCUT2D eigenvalue weighted by Gasteiger charge is -2.35. The van der Waals surface area contributed by atoms with Crippen molar-refractivity contribution in [3.63, 3.8) is 0 Å². The third-order valence-corrected chi connectivity index (χ3v) is 6.29. The summed E-state index contributed by atoms with van der Waals surface area (Å²) in [5.74, 6) is 0.907. The summed E-state index contributed by atoms with van der Waals surface area (Å²) in [5, 5.41) is 3.47. The van der Waals surface area contributed by atoms with E-state index in [0.29, 0.717) is 19.3 Å². The van der Waals surface area contributed by atoms with Gasteiger partial charge in [-0.3, -0.25) is 4.90 Å². The second-order valence-electron chi connectivity index (χ2n) is 8.71. The van der Waals surface area contributed by atoms with Gasteiger partial charge in [0, 0.05) is 37.8 Å². The summed E-state index contributed by atoms with van der Waals surface area (Å²) in [6, 6.07) is 29.8. The van der Waals surface area contributed by atoms with Gasteiger partial charge in [-0.15, -0.1) is 24.8 Å². The number of rotatable bonds is 12. The van der Waals surface area contributed by atoms with E-state index in [4.69, 9.17) is 9.47 Å². The molecule has 0 radical (unpaired) electrons. The van der Waals surface area contributed by atoms with Crippen molar-refractivity contribution in [1.82, 2.24) is 10.2 Å². The molecule has 0 saturated carbocycles. The Kier molecular flexibility index (Phi) is 13.8. The Morgan fingerprint density at radius 1 is 0.743 bits per heavy atom. The Hall–Kier alpha value is -2.08. The lowest BCUT2D eigenvalue weighted by Crippen LogP contribution is -2.50. The fraction of sp³-hybridized carbons (Fsp3) is 0.379. The smallest absolute Gasteiger partial charge is 0.125 e. The molecule has 4 nitrogen and oxygen atoms in total. The number of benzene rings is 3. The van der Waals surface area contributed by atoms with Gasteiger partial charge in [0.05, 0.1) is 13.2 Å². The Balaban J connectivity index is 0.00000216. The summed E-state index contributed by atoms with van der Waals surface area (Å²) in [6.45, 7) is 6.21. The predicted octanol–water partition coefficient (Wildman–Crippen LogP) is 5.92. The minimum atomic E-state index is 0. The summed E-state index contributed by atoms with van der Waals surface area (Å²) in [4.78, 5) is 2.60. The Morgan fingerprint density at radius 3 is 2.09 bits per heavy atom. The molecule has 0 amide bonds. The molecule has 1 N–H and O–H groups in total. The van der Waals surface area contributed by atoms with Crippen molar-refractivity contribution in [3.05, 3.63) is 102 Å². The molecule has 1 aliphatic rings. The largest absolute Gasteiger partial charge is 0.489 e. The quantitative estimate of drug-likeness (QED) is 0.323. The minimum absolute atomic E-state index is 0. The molecule has 1 atom stereocenters. The van der Waals surface area contributed by atoms with E-state index in [1.54, 1.807) is 0 Å². The maximum atomic E-state index is 6.29. The summed E-state index contributed by atoms with van der Waals surface area (Å²) in [6.07, 6.45) is 3.46. The van der Waals surface area contributed by atoms with E-state index in [1.807, 2.05) is 30.3 Å². The number of piperazine rings is 1. The van der Waals surface area contributed by atoms with E-state index in [0.717, 1.165) is 56.9 Å². The van der Waals surface area contributed by atoms with Crippen molar-refractivity contribution in [2.45, 2.75) is 38.5 Å². The van der Waals surface area contributed by atoms with E-state index >= 15 is 0 Å². The molecule has 0 aliphatic carbocycles. The summed E-state index contributed by atoms with van der Waals surface area (Å²) >= 11 is 0. The Labute approximate surface area is 222 Å². The van der Waals surface area contributed by atoms with Gasteiger partial charge in [-0.2, -0.15) is 0 Å². The number of hydrogen-bond acceptors (Lipinski definition) is 4. The van der Waals surface area contributed by atoms with Crippen LogP contribution in [0.2, 0.25) is 0 Å². The first-order valence-electron chi connectivity index (χ1n) is 12.2. The van der Waals surface area contributed by atoms with Gasteiger partial charge in [-0.05, 0) is 36.5 Å². The standard InChI is InChI=1S/C29H36N2O2.2ClH/c1-3-10-25(11-4-1)14-9-16-28(31-20-18-30-19-21-31)24-32-23-27-15-7-8-17-29(27)33-22-26-12-5-2-6-13-26;;/h1-8,10-13,15,17,28,30H,9,14,16,18-24H2;2*1H. The van der Waals surface area contributed by atoms with E-state index in [9.17, 15) is 0 Å². The number of aryl methyl sites for hydroxylation is 1. The highest BCUT2D eigenvalue weighted by Gasteiger charge is 2.20. The zero-order valence-corrected chi connectivity index (χ0v) is 21.9.